The van der Waals surface area contributed by atoms with Gasteiger partial charge < -0.3 is 4.57 Å². The number of benzene rings is 1. The van der Waals surface area contributed by atoms with Crippen LogP contribution in [0, 0.1) is 0 Å². The lowest BCUT2D eigenvalue weighted by Gasteiger charge is -2.39. The van der Waals surface area contributed by atoms with E-state index in [-0.39, 0.29) is 0 Å². The van der Waals surface area contributed by atoms with Crippen molar-refractivity contribution in [1.29, 1.82) is 0 Å². The highest BCUT2D eigenvalue weighted by Gasteiger charge is 2.27. The topological polar surface area (TPSA) is 3.24 Å². The fourth-order valence-corrected chi connectivity index (χ4v) is 4.57. The van der Waals surface area contributed by atoms with Crippen LogP contribution in [0.4, 0.5) is 5.69 Å². The highest BCUT2D eigenvalue weighted by molar-refractivity contribution is 6.80. The number of rotatable bonds is 3. The van der Waals surface area contributed by atoms with E-state index in [0.29, 0.717) is 0 Å². The van der Waals surface area contributed by atoms with Gasteiger partial charge in [-0.05, 0) is 37.8 Å². The van der Waals surface area contributed by atoms with Crippen LogP contribution in [0.2, 0.25) is 19.6 Å². The first-order chi connectivity index (χ1) is 8.09. The Kier molecular flexibility index (Phi) is 3.72. The summed E-state index contributed by atoms with van der Waals surface area (Å²) in [6.07, 6.45) is 7.66. The summed E-state index contributed by atoms with van der Waals surface area (Å²) in [5.41, 5.74) is 2.93. The van der Waals surface area contributed by atoms with Gasteiger partial charge in [0.05, 0.1) is 0 Å². The molecule has 1 nitrogen and oxygen atoms in total. The Morgan fingerprint density at radius 1 is 1.00 bits per heavy atom. The van der Waals surface area contributed by atoms with Crippen LogP contribution in [0.5, 0.6) is 0 Å². The van der Waals surface area contributed by atoms with Gasteiger partial charge in [0.1, 0.15) is 0 Å². The molecule has 0 bridgehead atoms. The summed E-state index contributed by atoms with van der Waals surface area (Å²) < 4.78 is 2.63. The number of nitrogens with zero attached hydrogens (tertiary/aromatic N) is 1. The molecular weight excluding hydrogens is 222 g/mol. The van der Waals surface area contributed by atoms with Gasteiger partial charge in [-0.15, -0.1) is 0 Å². The molecular formula is C15H23NSi. The Morgan fingerprint density at radius 3 is 2.24 bits per heavy atom. The molecule has 0 aromatic heterocycles. The highest BCUT2D eigenvalue weighted by Crippen LogP contribution is 2.31. The van der Waals surface area contributed by atoms with Crippen LogP contribution < -0.4 is 4.57 Å². The van der Waals surface area contributed by atoms with E-state index in [1.165, 1.54) is 31.4 Å². The van der Waals surface area contributed by atoms with Gasteiger partial charge in [0.15, 0.2) is 8.24 Å². The molecule has 0 heterocycles. The second-order valence-corrected chi connectivity index (χ2v) is 10.6. The fourth-order valence-electron chi connectivity index (χ4n) is 2.59. The first-order valence-corrected chi connectivity index (χ1v) is 10.1. The SMILES string of the molecule is C[Si](C)(C)N(C1=CCCCC1)c1ccccc1. The minimum absolute atomic E-state index is 1.25. The van der Waals surface area contributed by atoms with Crippen LogP contribution in [0.1, 0.15) is 25.7 Å². The van der Waals surface area contributed by atoms with E-state index in [1.54, 1.807) is 5.70 Å². The predicted molar refractivity (Wildman–Crippen MR) is 78.8 cm³/mol. The van der Waals surface area contributed by atoms with E-state index in [1.807, 2.05) is 0 Å². The number of hydrogen-bond donors (Lipinski definition) is 0. The van der Waals surface area contributed by atoms with E-state index >= 15 is 0 Å². The molecule has 0 amide bonds. The standard InChI is InChI=1S/C15H23NSi/c1-17(2,3)16(14-10-6-4-7-11-14)15-12-8-5-9-13-15/h4,6-7,10-12H,5,8-9,13H2,1-3H3. The summed E-state index contributed by atoms with van der Waals surface area (Å²) >= 11 is 0. The Balaban J connectivity index is 2.35. The van der Waals surface area contributed by atoms with Crippen LogP contribution in [0.25, 0.3) is 0 Å². The predicted octanol–water partition coefficient (Wildman–Crippen LogP) is 4.79. The molecule has 0 spiro atoms. The molecule has 17 heavy (non-hydrogen) atoms. The lowest BCUT2D eigenvalue weighted by atomic mass is 10.0. The van der Waals surface area contributed by atoms with Crippen molar-refractivity contribution in [2.75, 3.05) is 4.57 Å². The first-order valence-electron chi connectivity index (χ1n) is 6.63. The molecule has 0 saturated heterocycles. The summed E-state index contributed by atoms with van der Waals surface area (Å²) in [5, 5.41) is 0. The normalized spacial score (nSPS) is 16.5. The smallest absolute Gasteiger partial charge is 0.153 e. The highest BCUT2D eigenvalue weighted by atomic mass is 28.3. The van der Waals surface area contributed by atoms with Crippen LogP contribution >= 0.6 is 0 Å². The Hall–Kier alpha value is -1.02. The van der Waals surface area contributed by atoms with Crippen molar-refractivity contribution in [2.24, 2.45) is 0 Å². The third-order valence-electron chi connectivity index (χ3n) is 3.24. The zero-order valence-electron chi connectivity index (χ0n) is 11.2. The molecule has 0 atom stereocenters. The Bertz CT molecular complexity index is 389. The third-order valence-corrected chi connectivity index (χ3v) is 5.13. The van der Waals surface area contributed by atoms with E-state index < -0.39 is 8.24 Å². The maximum atomic E-state index is 2.63. The summed E-state index contributed by atoms with van der Waals surface area (Å²) in [4.78, 5) is 0. The fraction of sp³-hybridized carbons (Fsp3) is 0.467. The van der Waals surface area contributed by atoms with Gasteiger partial charge in [0.2, 0.25) is 0 Å². The first kappa shape index (κ1) is 12.4. The number of anilines is 1. The largest absolute Gasteiger partial charge is 0.373 e. The van der Waals surface area contributed by atoms with Crippen molar-refractivity contribution in [2.45, 2.75) is 45.3 Å². The molecule has 0 fully saturated rings. The number of hydrogen-bond acceptors (Lipinski definition) is 1. The summed E-state index contributed by atoms with van der Waals surface area (Å²) in [6.45, 7) is 7.28. The Labute approximate surface area is 106 Å². The molecule has 92 valence electrons. The minimum Gasteiger partial charge on any atom is -0.373 e. The lowest BCUT2D eigenvalue weighted by molar-refractivity contribution is 0.693. The molecule has 0 unspecified atom stereocenters. The molecule has 2 rings (SSSR count). The van der Waals surface area contributed by atoms with E-state index in [0.717, 1.165) is 0 Å². The van der Waals surface area contributed by atoms with Gasteiger partial charge in [-0.3, -0.25) is 0 Å². The van der Waals surface area contributed by atoms with E-state index in [9.17, 15) is 0 Å². The van der Waals surface area contributed by atoms with E-state index in [4.69, 9.17) is 0 Å². The molecule has 1 aromatic rings. The lowest BCUT2D eigenvalue weighted by Crippen LogP contribution is -2.45. The molecule has 0 saturated carbocycles. The van der Waals surface area contributed by atoms with Crippen molar-refractivity contribution in [1.82, 2.24) is 0 Å². The van der Waals surface area contributed by atoms with Crippen LogP contribution in [0.15, 0.2) is 42.1 Å². The van der Waals surface area contributed by atoms with Crippen molar-refractivity contribution in [3.8, 4) is 0 Å². The molecule has 2 heteroatoms. The number of para-hydroxylation sites is 1. The van der Waals surface area contributed by atoms with Crippen molar-refractivity contribution in [3.63, 3.8) is 0 Å². The summed E-state index contributed by atoms with van der Waals surface area (Å²) in [6, 6.07) is 10.9. The van der Waals surface area contributed by atoms with Crippen LogP contribution in [-0.4, -0.2) is 8.24 Å². The van der Waals surface area contributed by atoms with Gasteiger partial charge in [-0.25, -0.2) is 0 Å². The van der Waals surface area contributed by atoms with Gasteiger partial charge >= 0.3 is 0 Å². The van der Waals surface area contributed by atoms with Gasteiger partial charge in [0, 0.05) is 11.4 Å². The maximum Gasteiger partial charge on any atom is 0.153 e. The monoisotopic (exact) mass is 245 g/mol. The summed E-state index contributed by atoms with van der Waals surface area (Å²) in [7, 11) is -1.35. The van der Waals surface area contributed by atoms with Crippen LogP contribution in [-0.2, 0) is 0 Å². The van der Waals surface area contributed by atoms with Gasteiger partial charge in [0.25, 0.3) is 0 Å². The molecule has 0 radical (unpaired) electrons. The van der Waals surface area contributed by atoms with Crippen molar-refractivity contribution < 1.29 is 0 Å². The average Bonchev–Trinajstić information content (AvgIpc) is 2.30. The minimum atomic E-state index is -1.35. The molecule has 1 aromatic carbocycles. The molecule has 1 aliphatic carbocycles. The zero-order valence-corrected chi connectivity index (χ0v) is 12.2. The summed E-state index contributed by atoms with van der Waals surface area (Å²) in [5.74, 6) is 0. The van der Waals surface area contributed by atoms with Crippen molar-refractivity contribution >= 4 is 13.9 Å². The zero-order chi connectivity index (χ0) is 12.3. The van der Waals surface area contributed by atoms with Crippen LogP contribution in [0.3, 0.4) is 0 Å². The molecule has 1 aliphatic rings. The maximum absolute atomic E-state index is 2.63. The molecule has 0 aliphatic heterocycles. The van der Waals surface area contributed by atoms with E-state index in [2.05, 4.69) is 60.6 Å². The third kappa shape index (κ3) is 3.00. The second kappa shape index (κ2) is 5.09. The Morgan fingerprint density at radius 2 is 1.71 bits per heavy atom. The average molecular weight is 245 g/mol. The molecule has 0 N–H and O–H groups in total. The quantitative estimate of drug-likeness (QED) is 0.692. The van der Waals surface area contributed by atoms with Crippen molar-refractivity contribution in [3.05, 3.63) is 42.1 Å². The number of allylic oxidation sites excluding steroid dienone is 2. The van der Waals surface area contributed by atoms with Gasteiger partial charge in [-0.1, -0.05) is 43.9 Å². The second-order valence-electron chi connectivity index (χ2n) is 5.78. The van der Waals surface area contributed by atoms with Gasteiger partial charge in [-0.2, -0.15) is 0 Å².